The Balaban J connectivity index is 2.88. The number of aliphatic hydroxyl groups is 1. The van der Waals surface area contributed by atoms with Crippen LogP contribution in [0.4, 0.5) is 5.69 Å². The van der Waals surface area contributed by atoms with Crippen LogP contribution in [0, 0.1) is 0 Å². The van der Waals surface area contributed by atoms with Crippen LogP contribution >= 0.6 is 0 Å². The molecule has 18 heavy (non-hydrogen) atoms. The van der Waals surface area contributed by atoms with Gasteiger partial charge in [0, 0.05) is 6.21 Å². The molecule has 1 aromatic rings. The number of rotatable bonds is 4. The van der Waals surface area contributed by atoms with Gasteiger partial charge in [-0.05, 0) is 38.1 Å². The van der Waals surface area contributed by atoms with Gasteiger partial charge in [0.05, 0.1) is 12.3 Å². The number of nitrogens with zero attached hydrogens (tertiary/aromatic N) is 1. The normalized spacial score (nSPS) is 12.3. The molecule has 0 aliphatic rings. The maximum Gasteiger partial charge on any atom is 0.343 e. The Hall–Kier alpha value is -2.30. The Labute approximate surface area is 105 Å². The fourth-order valence-corrected chi connectivity index (χ4v) is 1.18. The van der Waals surface area contributed by atoms with Crippen molar-refractivity contribution in [3.05, 3.63) is 35.6 Å². The lowest BCUT2D eigenvalue weighted by Gasteiger charge is -2.03. The molecule has 0 saturated carbocycles. The van der Waals surface area contributed by atoms with Crippen LogP contribution in [0.3, 0.4) is 0 Å². The second kappa shape index (κ2) is 6.44. The number of benzene rings is 1. The van der Waals surface area contributed by atoms with Crippen LogP contribution in [0.1, 0.15) is 13.8 Å². The molecule has 0 aliphatic heterocycles. The number of aliphatic imine (C=N–C) groups is 1. The number of aromatic hydroxyl groups is 1. The number of phenolic OH excluding ortho intramolecular Hbond substituents is 1. The molecular formula is C13H15NO4. The molecule has 0 fully saturated rings. The van der Waals surface area contributed by atoms with Crippen LogP contribution in [0.5, 0.6) is 5.75 Å². The second-order valence-electron chi connectivity index (χ2n) is 3.49. The second-order valence-corrected chi connectivity index (χ2v) is 3.49. The molecule has 0 radical (unpaired) electrons. The summed E-state index contributed by atoms with van der Waals surface area (Å²) in [6.07, 6.45) is 1.24. The van der Waals surface area contributed by atoms with E-state index in [4.69, 9.17) is 9.84 Å². The topological polar surface area (TPSA) is 79.1 Å². The van der Waals surface area contributed by atoms with Crippen LogP contribution in [-0.2, 0) is 9.53 Å². The number of esters is 1. The van der Waals surface area contributed by atoms with Crippen LogP contribution in [0.2, 0.25) is 0 Å². The van der Waals surface area contributed by atoms with E-state index in [1.165, 1.54) is 25.3 Å². The third-order valence-corrected chi connectivity index (χ3v) is 2.08. The fourth-order valence-electron chi connectivity index (χ4n) is 1.18. The highest BCUT2D eigenvalue weighted by Gasteiger charge is 2.11. The average molecular weight is 249 g/mol. The lowest BCUT2D eigenvalue weighted by Crippen LogP contribution is -2.10. The number of ether oxygens (including phenoxy) is 1. The van der Waals surface area contributed by atoms with Gasteiger partial charge in [0.25, 0.3) is 0 Å². The molecule has 0 aromatic heterocycles. The average Bonchev–Trinajstić information content (AvgIpc) is 2.31. The highest BCUT2D eigenvalue weighted by atomic mass is 16.5. The SMILES string of the molecule is CCOC(=O)C(C=Nc1ccc(O)cc1)=C(C)O. The summed E-state index contributed by atoms with van der Waals surface area (Å²) in [5.74, 6) is -0.649. The summed E-state index contributed by atoms with van der Waals surface area (Å²) < 4.78 is 4.78. The first-order valence-corrected chi connectivity index (χ1v) is 5.44. The summed E-state index contributed by atoms with van der Waals surface area (Å²) in [5, 5.41) is 18.5. The summed E-state index contributed by atoms with van der Waals surface area (Å²) in [7, 11) is 0. The highest BCUT2D eigenvalue weighted by Crippen LogP contribution is 2.16. The zero-order chi connectivity index (χ0) is 13.5. The van der Waals surface area contributed by atoms with E-state index >= 15 is 0 Å². The first-order valence-electron chi connectivity index (χ1n) is 5.44. The molecule has 0 aliphatic carbocycles. The first kappa shape index (κ1) is 13.8. The summed E-state index contributed by atoms with van der Waals surface area (Å²) >= 11 is 0. The van der Waals surface area contributed by atoms with E-state index in [0.29, 0.717) is 5.69 Å². The quantitative estimate of drug-likeness (QED) is 0.372. The van der Waals surface area contributed by atoms with Gasteiger partial charge in [-0.1, -0.05) is 0 Å². The number of carbonyl (C=O) groups is 1. The molecule has 5 heteroatoms. The van der Waals surface area contributed by atoms with E-state index in [1.807, 2.05) is 0 Å². The molecule has 0 saturated heterocycles. The van der Waals surface area contributed by atoms with Crippen molar-refractivity contribution in [2.24, 2.45) is 4.99 Å². The Morgan fingerprint density at radius 3 is 2.50 bits per heavy atom. The van der Waals surface area contributed by atoms with Crippen molar-refractivity contribution < 1.29 is 19.7 Å². The zero-order valence-electron chi connectivity index (χ0n) is 10.3. The Kier molecular flexibility index (Phi) is 4.92. The minimum absolute atomic E-state index is 0.00456. The number of hydrogen-bond acceptors (Lipinski definition) is 5. The van der Waals surface area contributed by atoms with E-state index in [9.17, 15) is 9.90 Å². The van der Waals surface area contributed by atoms with Crippen molar-refractivity contribution in [1.29, 1.82) is 0 Å². The van der Waals surface area contributed by atoms with E-state index < -0.39 is 5.97 Å². The predicted molar refractivity (Wildman–Crippen MR) is 68.2 cm³/mol. The van der Waals surface area contributed by atoms with Crippen molar-refractivity contribution in [2.45, 2.75) is 13.8 Å². The first-order chi connectivity index (χ1) is 8.54. The number of phenols is 1. The van der Waals surface area contributed by atoms with Crippen LogP contribution < -0.4 is 0 Å². The minimum atomic E-state index is -0.625. The van der Waals surface area contributed by atoms with Gasteiger partial charge in [-0.15, -0.1) is 0 Å². The minimum Gasteiger partial charge on any atom is -0.512 e. The van der Waals surface area contributed by atoms with E-state index in [-0.39, 0.29) is 23.7 Å². The molecule has 2 N–H and O–H groups in total. The molecule has 1 rings (SSSR count). The molecule has 0 amide bonds. The highest BCUT2D eigenvalue weighted by molar-refractivity contribution is 6.10. The van der Waals surface area contributed by atoms with E-state index in [0.717, 1.165) is 0 Å². The predicted octanol–water partition coefficient (Wildman–Crippen LogP) is 2.49. The molecule has 5 nitrogen and oxygen atoms in total. The van der Waals surface area contributed by atoms with Crippen molar-refractivity contribution in [2.75, 3.05) is 6.61 Å². The number of hydrogen-bond donors (Lipinski definition) is 2. The number of allylic oxidation sites excluding steroid dienone is 1. The van der Waals surface area contributed by atoms with Gasteiger partial charge in [0.2, 0.25) is 0 Å². The smallest absolute Gasteiger partial charge is 0.343 e. The third-order valence-electron chi connectivity index (χ3n) is 2.08. The van der Waals surface area contributed by atoms with E-state index in [2.05, 4.69) is 4.99 Å². The van der Waals surface area contributed by atoms with Crippen molar-refractivity contribution >= 4 is 17.9 Å². The van der Waals surface area contributed by atoms with Crippen LogP contribution in [0.25, 0.3) is 0 Å². The zero-order valence-corrected chi connectivity index (χ0v) is 10.3. The molecule has 0 atom stereocenters. The van der Waals surface area contributed by atoms with Gasteiger partial charge in [-0.2, -0.15) is 0 Å². The molecule has 0 bridgehead atoms. The maximum absolute atomic E-state index is 11.5. The summed E-state index contributed by atoms with van der Waals surface area (Å²) in [6, 6.07) is 6.13. The summed E-state index contributed by atoms with van der Waals surface area (Å²) in [5.41, 5.74) is 0.556. The lowest BCUT2D eigenvalue weighted by atomic mass is 10.2. The van der Waals surface area contributed by atoms with Gasteiger partial charge >= 0.3 is 5.97 Å². The Bertz CT molecular complexity index is 470. The monoisotopic (exact) mass is 249 g/mol. The molecule has 96 valence electrons. The molecule has 0 heterocycles. The molecule has 0 unspecified atom stereocenters. The Morgan fingerprint density at radius 2 is 2.00 bits per heavy atom. The van der Waals surface area contributed by atoms with Gasteiger partial charge in [0.1, 0.15) is 17.1 Å². The third kappa shape index (κ3) is 3.93. The van der Waals surface area contributed by atoms with Crippen molar-refractivity contribution in [3.63, 3.8) is 0 Å². The van der Waals surface area contributed by atoms with Crippen molar-refractivity contribution in [1.82, 2.24) is 0 Å². The van der Waals surface area contributed by atoms with Gasteiger partial charge < -0.3 is 14.9 Å². The molecular weight excluding hydrogens is 234 g/mol. The Morgan fingerprint density at radius 1 is 1.39 bits per heavy atom. The van der Waals surface area contributed by atoms with E-state index in [1.54, 1.807) is 19.1 Å². The van der Waals surface area contributed by atoms with Crippen molar-refractivity contribution in [3.8, 4) is 5.75 Å². The molecule has 0 spiro atoms. The van der Waals surface area contributed by atoms with Gasteiger partial charge in [-0.3, -0.25) is 4.99 Å². The number of carbonyl (C=O) groups excluding carboxylic acids is 1. The van der Waals surface area contributed by atoms with Crippen LogP contribution in [0.15, 0.2) is 40.6 Å². The fraction of sp³-hybridized carbons (Fsp3) is 0.231. The number of aliphatic hydroxyl groups excluding tert-OH is 1. The summed E-state index contributed by atoms with van der Waals surface area (Å²) in [4.78, 5) is 15.5. The largest absolute Gasteiger partial charge is 0.512 e. The standard InChI is InChI=1S/C13H15NO4/c1-3-18-13(17)12(9(2)15)8-14-10-4-6-11(16)7-5-10/h4-8,15-16H,3H2,1-2H3. The summed E-state index contributed by atoms with van der Waals surface area (Å²) in [6.45, 7) is 3.29. The maximum atomic E-state index is 11.5. The molecule has 1 aromatic carbocycles. The lowest BCUT2D eigenvalue weighted by molar-refractivity contribution is -0.138. The van der Waals surface area contributed by atoms with Crippen LogP contribution in [-0.4, -0.2) is 29.0 Å². The van der Waals surface area contributed by atoms with Gasteiger partial charge in [0.15, 0.2) is 0 Å². The van der Waals surface area contributed by atoms with Gasteiger partial charge in [-0.25, -0.2) is 4.79 Å².